The van der Waals surface area contributed by atoms with E-state index in [4.69, 9.17) is 23.7 Å². The van der Waals surface area contributed by atoms with E-state index in [1.54, 1.807) is 36.4 Å². The van der Waals surface area contributed by atoms with Gasteiger partial charge in [0.2, 0.25) is 5.88 Å². The highest BCUT2D eigenvalue weighted by atomic mass is 79.9. The number of rotatable bonds is 14. The minimum atomic E-state index is -4.57. The normalized spacial score (nSPS) is 13.7. The van der Waals surface area contributed by atoms with Crippen molar-refractivity contribution in [2.75, 3.05) is 69.9 Å². The first kappa shape index (κ1) is 35.1. The van der Waals surface area contributed by atoms with Crippen LogP contribution >= 0.6 is 15.9 Å². The average molecular weight is 735 g/mol. The summed E-state index contributed by atoms with van der Waals surface area (Å²) in [5.74, 6) is 1.80. The Morgan fingerprint density at radius 1 is 0.938 bits per heavy atom. The molecule has 256 valence electrons. The summed E-state index contributed by atoms with van der Waals surface area (Å²) in [4.78, 5) is 23.5. The molecule has 1 aliphatic rings. The van der Waals surface area contributed by atoms with Crippen molar-refractivity contribution in [1.29, 1.82) is 0 Å². The van der Waals surface area contributed by atoms with E-state index in [0.717, 1.165) is 25.7 Å². The van der Waals surface area contributed by atoms with Crippen molar-refractivity contribution in [2.24, 2.45) is 0 Å². The zero-order valence-corrected chi connectivity index (χ0v) is 27.7. The maximum absolute atomic E-state index is 13.2. The highest BCUT2D eigenvalue weighted by Gasteiger charge is 2.33. The Labute approximate surface area is 283 Å². The molecule has 0 atom stereocenters. The molecule has 1 aromatic heterocycles. The van der Waals surface area contributed by atoms with Gasteiger partial charge in [0.25, 0.3) is 0 Å². The van der Waals surface area contributed by atoms with Crippen LogP contribution in [0.1, 0.15) is 18.9 Å². The molecular formula is C33H35BrF3N5O6. The second kappa shape index (κ2) is 16.8. The Bertz CT molecular complexity index is 1670. The fraction of sp³-hybridized carbons (Fsp3) is 0.364. The van der Waals surface area contributed by atoms with Gasteiger partial charge in [0.1, 0.15) is 18.7 Å². The van der Waals surface area contributed by atoms with Crippen LogP contribution < -0.4 is 24.8 Å². The Morgan fingerprint density at radius 3 is 2.40 bits per heavy atom. The molecule has 1 saturated heterocycles. The molecule has 15 heteroatoms. The highest BCUT2D eigenvalue weighted by molar-refractivity contribution is 9.10. The number of hydrogen-bond acceptors (Lipinski definition) is 9. The smallest absolute Gasteiger partial charge is 0.417 e. The van der Waals surface area contributed by atoms with Gasteiger partial charge in [-0.15, -0.1) is 0 Å². The van der Waals surface area contributed by atoms with Gasteiger partial charge in [-0.05, 0) is 55.5 Å². The standard InChI is InChI=1S/C33H35BrF3N5O6/c1-2-44-13-3-14-46-29-19-25-28(20-30(29)47-17-12-42-10-15-45-16-11-42)38-21-39-31(25)48-24-7-4-22(5-8-24)40-32(43)41-23-6-9-27(34)26(18-23)33(35,36)37/h4-9,18-21H,2-3,10-17H2,1H3,(H2,40,41,43). The van der Waals surface area contributed by atoms with Crippen LogP contribution in [0.4, 0.5) is 29.3 Å². The van der Waals surface area contributed by atoms with E-state index in [1.807, 2.05) is 6.92 Å². The van der Waals surface area contributed by atoms with Crippen molar-refractivity contribution >= 4 is 44.2 Å². The van der Waals surface area contributed by atoms with E-state index in [2.05, 4.69) is 41.4 Å². The molecule has 2 amide bonds. The Hall–Kier alpha value is -4.18. The van der Waals surface area contributed by atoms with Crippen molar-refractivity contribution in [3.05, 3.63) is 71.0 Å². The summed E-state index contributed by atoms with van der Waals surface area (Å²) in [5, 5.41) is 5.61. The molecule has 5 rings (SSSR count). The van der Waals surface area contributed by atoms with Gasteiger partial charge in [-0.2, -0.15) is 13.2 Å². The predicted octanol–water partition coefficient (Wildman–Crippen LogP) is 7.36. The molecule has 0 radical (unpaired) electrons. The van der Waals surface area contributed by atoms with Crippen molar-refractivity contribution in [3.63, 3.8) is 0 Å². The molecule has 1 fully saturated rings. The van der Waals surface area contributed by atoms with E-state index in [-0.39, 0.29) is 16.0 Å². The molecule has 4 aromatic rings. The van der Waals surface area contributed by atoms with Gasteiger partial charge in [-0.25, -0.2) is 14.8 Å². The van der Waals surface area contributed by atoms with E-state index in [1.165, 1.54) is 18.5 Å². The quantitative estimate of drug-likeness (QED) is 0.128. The molecule has 3 aromatic carbocycles. The van der Waals surface area contributed by atoms with Gasteiger partial charge < -0.3 is 34.3 Å². The summed E-state index contributed by atoms with van der Waals surface area (Å²) in [5.41, 5.74) is 0.0792. The van der Waals surface area contributed by atoms with Crippen LogP contribution in [0.25, 0.3) is 10.9 Å². The third-order valence-electron chi connectivity index (χ3n) is 7.18. The first-order valence-electron chi connectivity index (χ1n) is 15.3. The number of fused-ring (bicyclic) bond motifs is 1. The van der Waals surface area contributed by atoms with E-state index in [9.17, 15) is 18.0 Å². The van der Waals surface area contributed by atoms with Gasteiger partial charge in [-0.3, -0.25) is 4.90 Å². The lowest BCUT2D eigenvalue weighted by atomic mass is 10.2. The number of nitrogens with zero attached hydrogens (tertiary/aromatic N) is 3. The van der Waals surface area contributed by atoms with Crippen LogP contribution in [0, 0.1) is 0 Å². The highest BCUT2D eigenvalue weighted by Crippen LogP contribution is 2.38. The van der Waals surface area contributed by atoms with Gasteiger partial charge in [0.05, 0.1) is 36.3 Å². The Balaban J connectivity index is 1.26. The number of halogens is 4. The molecule has 0 spiro atoms. The largest absolute Gasteiger partial charge is 0.490 e. The number of aromatic nitrogens is 2. The SMILES string of the molecule is CCOCCCOc1cc2c(Oc3ccc(NC(=O)Nc4ccc(Br)c(C(F)(F)F)c4)cc3)ncnc2cc1OCCN1CCOCC1. The van der Waals surface area contributed by atoms with Gasteiger partial charge in [0, 0.05) is 61.2 Å². The van der Waals surface area contributed by atoms with Crippen LogP contribution in [0.2, 0.25) is 0 Å². The summed E-state index contributed by atoms with van der Waals surface area (Å²) >= 11 is 2.89. The number of amides is 2. The molecular weight excluding hydrogens is 699 g/mol. The summed E-state index contributed by atoms with van der Waals surface area (Å²) < 4.78 is 68.8. The number of carbonyl (C=O) groups excluding carboxylic acids is 1. The van der Waals surface area contributed by atoms with Crippen molar-refractivity contribution in [1.82, 2.24) is 14.9 Å². The summed E-state index contributed by atoms with van der Waals surface area (Å²) in [7, 11) is 0. The van der Waals surface area contributed by atoms with Crippen LogP contribution in [0.15, 0.2) is 65.4 Å². The first-order valence-corrected chi connectivity index (χ1v) is 16.1. The zero-order valence-electron chi connectivity index (χ0n) is 26.1. The Morgan fingerprint density at radius 2 is 1.65 bits per heavy atom. The van der Waals surface area contributed by atoms with Crippen molar-refractivity contribution in [3.8, 4) is 23.1 Å². The number of ether oxygens (including phenoxy) is 5. The summed E-state index contributed by atoms with van der Waals surface area (Å²) in [6.45, 7) is 7.91. The summed E-state index contributed by atoms with van der Waals surface area (Å²) in [6, 6.07) is 12.8. The minimum Gasteiger partial charge on any atom is -0.490 e. The monoisotopic (exact) mass is 733 g/mol. The molecule has 48 heavy (non-hydrogen) atoms. The number of nitrogens with one attached hydrogen (secondary N) is 2. The summed E-state index contributed by atoms with van der Waals surface area (Å²) in [6.07, 6.45) is -2.48. The number of hydrogen-bond donors (Lipinski definition) is 2. The third-order valence-corrected chi connectivity index (χ3v) is 7.88. The average Bonchev–Trinajstić information content (AvgIpc) is 3.06. The van der Waals surface area contributed by atoms with Gasteiger partial charge >= 0.3 is 12.2 Å². The minimum absolute atomic E-state index is 0.0121. The van der Waals surface area contributed by atoms with Crippen LogP contribution in [-0.4, -0.2) is 80.2 Å². The molecule has 2 N–H and O–H groups in total. The van der Waals surface area contributed by atoms with Crippen LogP contribution in [0.3, 0.4) is 0 Å². The number of carbonyl (C=O) groups is 1. The number of alkyl halides is 3. The Kier molecular flexibility index (Phi) is 12.3. The van der Waals surface area contributed by atoms with E-state index >= 15 is 0 Å². The molecule has 1 aliphatic heterocycles. The number of urea groups is 1. The molecule has 0 aliphatic carbocycles. The number of morpholine rings is 1. The van der Waals surface area contributed by atoms with Crippen molar-refractivity contribution in [2.45, 2.75) is 19.5 Å². The van der Waals surface area contributed by atoms with E-state index in [0.29, 0.717) is 79.9 Å². The maximum Gasteiger partial charge on any atom is 0.417 e. The molecule has 0 unspecified atom stereocenters. The second-order valence-electron chi connectivity index (χ2n) is 10.6. The topological polar surface area (TPSA) is 116 Å². The number of benzene rings is 3. The molecule has 0 saturated carbocycles. The van der Waals surface area contributed by atoms with Gasteiger partial charge in [0.15, 0.2) is 11.5 Å². The second-order valence-corrected chi connectivity index (χ2v) is 11.4. The number of anilines is 2. The fourth-order valence-corrected chi connectivity index (χ4v) is 5.25. The van der Waals surface area contributed by atoms with Crippen molar-refractivity contribution < 1.29 is 41.7 Å². The van der Waals surface area contributed by atoms with E-state index < -0.39 is 17.8 Å². The third kappa shape index (κ3) is 9.92. The molecule has 0 bridgehead atoms. The molecule has 11 nitrogen and oxygen atoms in total. The first-order chi connectivity index (χ1) is 23.2. The lowest BCUT2D eigenvalue weighted by molar-refractivity contribution is -0.138. The predicted molar refractivity (Wildman–Crippen MR) is 177 cm³/mol. The van der Waals surface area contributed by atoms with Crippen LogP contribution in [-0.2, 0) is 15.7 Å². The molecule has 2 heterocycles. The fourth-order valence-electron chi connectivity index (χ4n) is 4.78. The van der Waals surface area contributed by atoms with Crippen LogP contribution in [0.5, 0.6) is 23.1 Å². The van der Waals surface area contributed by atoms with Gasteiger partial charge in [-0.1, -0.05) is 15.9 Å². The zero-order chi connectivity index (χ0) is 33.9. The maximum atomic E-state index is 13.2. The lowest BCUT2D eigenvalue weighted by Gasteiger charge is -2.26. The lowest BCUT2D eigenvalue weighted by Crippen LogP contribution is -2.38.